The number of fused-ring (bicyclic) bond motifs is 2. The smallest absolute Gasteiger partial charge is 0.181 e. The lowest BCUT2D eigenvalue weighted by Crippen LogP contribution is -1.88. The minimum atomic E-state index is 0.737. The fourth-order valence-corrected chi connectivity index (χ4v) is 4.36. The van der Waals surface area contributed by atoms with Gasteiger partial charge in [-0.15, -0.1) is 23.5 Å². The van der Waals surface area contributed by atoms with E-state index < -0.39 is 0 Å². The van der Waals surface area contributed by atoms with E-state index in [1.165, 1.54) is 32.1 Å². The van der Waals surface area contributed by atoms with E-state index in [9.17, 15) is 0 Å². The Morgan fingerprint density at radius 1 is 0.690 bits per heavy atom. The van der Waals surface area contributed by atoms with Gasteiger partial charge >= 0.3 is 0 Å². The van der Waals surface area contributed by atoms with Crippen LogP contribution in [-0.4, -0.2) is 51.4 Å². The first kappa shape index (κ1) is 21.5. The van der Waals surface area contributed by atoms with Crippen molar-refractivity contribution in [2.75, 3.05) is 11.5 Å². The van der Waals surface area contributed by atoms with Gasteiger partial charge in [0.1, 0.15) is 33.7 Å². The molecular weight excluding hydrogens is 404 g/mol. The standard InChI is InChI=1S/C12H18N4S.C7H8N4S/c1-2-3-4-5-6-7-17-12-10-11(14-8-13-10)15-9-16-12;1-2-12-7-5-6(9-3-8-5)10-4-11-7/h8-9H,2-7H2,1H3,(H,13,14,15,16);3-4H,2H2,1H3,(H,8,9,10,11). The second-order valence-electron chi connectivity index (χ2n) is 6.26. The van der Waals surface area contributed by atoms with Crippen molar-refractivity contribution in [3.8, 4) is 0 Å². The summed E-state index contributed by atoms with van der Waals surface area (Å²) in [5.74, 6) is 2.12. The zero-order valence-electron chi connectivity index (χ0n) is 16.8. The van der Waals surface area contributed by atoms with Gasteiger partial charge in [-0.3, -0.25) is 0 Å². The van der Waals surface area contributed by atoms with Gasteiger partial charge in [0.2, 0.25) is 0 Å². The van der Waals surface area contributed by atoms with Gasteiger partial charge in [-0.1, -0.05) is 39.5 Å². The van der Waals surface area contributed by atoms with Crippen LogP contribution in [0.3, 0.4) is 0 Å². The third-order valence-electron chi connectivity index (χ3n) is 4.14. The zero-order valence-corrected chi connectivity index (χ0v) is 18.4. The quantitative estimate of drug-likeness (QED) is 0.220. The Kier molecular flexibility index (Phi) is 8.69. The molecule has 0 unspecified atom stereocenters. The molecular formula is C19H26N8S2. The van der Waals surface area contributed by atoms with E-state index in [4.69, 9.17) is 0 Å². The fraction of sp³-hybridized carbons (Fsp3) is 0.474. The van der Waals surface area contributed by atoms with Crippen LogP contribution in [0.15, 0.2) is 35.4 Å². The Morgan fingerprint density at radius 2 is 1.28 bits per heavy atom. The van der Waals surface area contributed by atoms with E-state index >= 15 is 0 Å². The third kappa shape index (κ3) is 6.14. The largest absolute Gasteiger partial charge is 0.341 e. The monoisotopic (exact) mass is 430 g/mol. The Labute approximate surface area is 178 Å². The summed E-state index contributed by atoms with van der Waals surface area (Å²) in [7, 11) is 0. The van der Waals surface area contributed by atoms with E-state index in [1.54, 1.807) is 48.8 Å². The second-order valence-corrected chi connectivity index (χ2v) is 8.59. The molecule has 4 rings (SSSR count). The van der Waals surface area contributed by atoms with Crippen LogP contribution in [-0.2, 0) is 0 Å². The highest BCUT2D eigenvalue weighted by molar-refractivity contribution is 7.99. The van der Waals surface area contributed by atoms with Gasteiger partial charge in [-0.2, -0.15) is 0 Å². The summed E-state index contributed by atoms with van der Waals surface area (Å²) in [4.78, 5) is 30.8. The normalized spacial score (nSPS) is 11.0. The molecule has 154 valence electrons. The molecule has 0 bridgehead atoms. The first-order valence-corrected chi connectivity index (χ1v) is 11.8. The number of nitrogens with zero attached hydrogens (tertiary/aromatic N) is 6. The Morgan fingerprint density at radius 3 is 1.86 bits per heavy atom. The van der Waals surface area contributed by atoms with Crippen molar-refractivity contribution < 1.29 is 0 Å². The molecule has 4 heterocycles. The van der Waals surface area contributed by atoms with Gasteiger partial charge in [-0.05, 0) is 17.9 Å². The van der Waals surface area contributed by atoms with Gasteiger partial charge in [0.15, 0.2) is 11.3 Å². The van der Waals surface area contributed by atoms with Gasteiger partial charge in [0.25, 0.3) is 0 Å². The number of aromatic nitrogens is 8. The molecule has 2 N–H and O–H groups in total. The van der Waals surface area contributed by atoms with Crippen LogP contribution in [0, 0.1) is 0 Å². The number of nitrogens with one attached hydrogen (secondary N) is 2. The minimum absolute atomic E-state index is 0.737. The van der Waals surface area contributed by atoms with Gasteiger partial charge < -0.3 is 9.97 Å². The molecule has 0 aliphatic rings. The SMILES string of the molecule is CCCCCCCSc1ncnc2nc[nH]c12.CCSc1ncnc2nc[nH]c12. The topological polar surface area (TPSA) is 109 Å². The van der Waals surface area contributed by atoms with Crippen molar-refractivity contribution in [2.45, 2.75) is 56.0 Å². The van der Waals surface area contributed by atoms with E-state index in [0.29, 0.717) is 0 Å². The highest BCUT2D eigenvalue weighted by atomic mass is 32.2. The van der Waals surface area contributed by atoms with E-state index in [2.05, 4.69) is 53.7 Å². The summed E-state index contributed by atoms with van der Waals surface area (Å²) < 4.78 is 0. The maximum absolute atomic E-state index is 4.29. The molecule has 0 saturated carbocycles. The average Bonchev–Trinajstić information content (AvgIpc) is 3.41. The summed E-state index contributed by atoms with van der Waals surface area (Å²) >= 11 is 3.48. The molecule has 0 aliphatic heterocycles. The van der Waals surface area contributed by atoms with Crippen LogP contribution in [0.5, 0.6) is 0 Å². The molecule has 0 fully saturated rings. The number of hydrogen-bond acceptors (Lipinski definition) is 8. The van der Waals surface area contributed by atoms with E-state index in [0.717, 1.165) is 43.9 Å². The summed E-state index contributed by atoms with van der Waals surface area (Å²) in [5, 5.41) is 1.99. The predicted molar refractivity (Wildman–Crippen MR) is 119 cm³/mol. The molecule has 10 heteroatoms. The summed E-state index contributed by atoms with van der Waals surface area (Å²) in [6, 6.07) is 0. The van der Waals surface area contributed by atoms with Crippen molar-refractivity contribution in [1.29, 1.82) is 0 Å². The molecule has 0 saturated heterocycles. The number of aromatic amines is 2. The average molecular weight is 431 g/mol. The number of thioether (sulfide) groups is 2. The van der Waals surface area contributed by atoms with Gasteiger partial charge in [0.05, 0.1) is 12.7 Å². The van der Waals surface area contributed by atoms with Crippen LogP contribution < -0.4 is 0 Å². The van der Waals surface area contributed by atoms with Crippen LogP contribution in [0.25, 0.3) is 22.3 Å². The molecule has 0 spiro atoms. The van der Waals surface area contributed by atoms with Crippen LogP contribution in [0.4, 0.5) is 0 Å². The van der Waals surface area contributed by atoms with Crippen molar-refractivity contribution >= 4 is 45.9 Å². The number of hydrogen-bond donors (Lipinski definition) is 2. The molecule has 0 aromatic carbocycles. The summed E-state index contributed by atoms with van der Waals surface area (Å²) in [5.41, 5.74) is 3.39. The molecule has 4 aromatic heterocycles. The highest BCUT2D eigenvalue weighted by Gasteiger charge is 2.06. The number of rotatable bonds is 9. The summed E-state index contributed by atoms with van der Waals surface area (Å²) in [6.45, 7) is 4.33. The Hall–Kier alpha value is -2.20. The highest BCUT2D eigenvalue weighted by Crippen LogP contribution is 2.23. The summed E-state index contributed by atoms with van der Waals surface area (Å²) in [6.07, 6.45) is 13.0. The number of unbranched alkanes of at least 4 members (excludes halogenated alkanes) is 4. The van der Waals surface area contributed by atoms with E-state index in [-0.39, 0.29) is 0 Å². The van der Waals surface area contributed by atoms with Crippen molar-refractivity contribution in [3.05, 3.63) is 25.3 Å². The maximum Gasteiger partial charge on any atom is 0.181 e. The lowest BCUT2D eigenvalue weighted by Gasteiger charge is -2.01. The van der Waals surface area contributed by atoms with Crippen molar-refractivity contribution in [1.82, 2.24) is 39.9 Å². The van der Waals surface area contributed by atoms with Crippen LogP contribution in [0.2, 0.25) is 0 Å². The first-order chi connectivity index (χ1) is 14.3. The van der Waals surface area contributed by atoms with Crippen LogP contribution in [0.1, 0.15) is 46.0 Å². The van der Waals surface area contributed by atoms with Gasteiger partial charge in [0, 0.05) is 0 Å². The number of H-pyrrole nitrogens is 2. The fourth-order valence-electron chi connectivity index (χ4n) is 2.72. The molecule has 8 nitrogen and oxygen atoms in total. The van der Waals surface area contributed by atoms with Gasteiger partial charge in [-0.25, -0.2) is 29.9 Å². The van der Waals surface area contributed by atoms with Crippen molar-refractivity contribution in [3.63, 3.8) is 0 Å². The van der Waals surface area contributed by atoms with E-state index in [1.807, 2.05) is 0 Å². The lowest BCUT2D eigenvalue weighted by atomic mass is 10.2. The molecule has 0 aliphatic carbocycles. The molecule has 0 radical (unpaired) electrons. The van der Waals surface area contributed by atoms with Crippen molar-refractivity contribution in [2.24, 2.45) is 0 Å². The third-order valence-corrected chi connectivity index (χ3v) is 6.09. The molecule has 0 amide bonds. The maximum atomic E-state index is 4.29. The lowest BCUT2D eigenvalue weighted by molar-refractivity contribution is 0.659. The second kappa shape index (κ2) is 11.7. The first-order valence-electron chi connectivity index (χ1n) is 9.87. The number of imidazole rings is 2. The zero-order chi connectivity index (χ0) is 20.3. The molecule has 4 aromatic rings. The minimum Gasteiger partial charge on any atom is -0.341 e. The molecule has 0 atom stereocenters. The molecule has 29 heavy (non-hydrogen) atoms. The predicted octanol–water partition coefficient (Wildman–Crippen LogP) is 4.88. The van der Waals surface area contributed by atoms with Crippen LogP contribution >= 0.6 is 23.5 Å². The Bertz CT molecular complexity index is 1000. The Balaban J connectivity index is 0.000000176.